The van der Waals surface area contributed by atoms with Crippen LogP contribution >= 0.6 is 0 Å². The number of nitrogens with zero attached hydrogens (tertiary/aromatic N) is 2. The topological polar surface area (TPSA) is 72.7 Å². The van der Waals surface area contributed by atoms with Gasteiger partial charge in [0.25, 0.3) is 5.69 Å². The smallest absolute Gasteiger partial charge is 0.273 e. The lowest BCUT2D eigenvalue weighted by Crippen LogP contribution is -2.44. The van der Waals surface area contributed by atoms with Gasteiger partial charge < -0.3 is 9.64 Å². The van der Waals surface area contributed by atoms with Crippen molar-refractivity contribution in [2.75, 3.05) is 11.4 Å². The average Bonchev–Trinajstić information content (AvgIpc) is 2.60. The summed E-state index contributed by atoms with van der Waals surface area (Å²) in [6.07, 6.45) is 0.695. The highest BCUT2D eigenvalue weighted by Gasteiger charge is 2.29. The molecule has 0 N–H and O–H groups in total. The van der Waals surface area contributed by atoms with Crippen molar-refractivity contribution in [2.45, 2.75) is 25.9 Å². The molecule has 3 rings (SSSR count). The Morgan fingerprint density at radius 2 is 1.96 bits per heavy atom. The standard InChI is InChI=1S/C18H18N2O4/c1-2-14-12-19(16-9-5-6-10-17(16)24-14)18(21)11-13-7-3-4-8-15(13)20(22)23/h3-10,14H,2,11-12H2,1H3. The normalized spacial score (nSPS) is 16.2. The van der Waals surface area contributed by atoms with Gasteiger partial charge in [-0.1, -0.05) is 37.3 Å². The third kappa shape index (κ3) is 3.08. The number of hydrogen-bond donors (Lipinski definition) is 0. The summed E-state index contributed by atoms with van der Waals surface area (Å²) in [6.45, 7) is 2.45. The fourth-order valence-electron chi connectivity index (χ4n) is 2.84. The molecule has 24 heavy (non-hydrogen) atoms. The summed E-state index contributed by atoms with van der Waals surface area (Å²) in [6, 6.07) is 13.7. The van der Waals surface area contributed by atoms with Crippen LogP contribution < -0.4 is 9.64 Å². The Labute approximate surface area is 139 Å². The van der Waals surface area contributed by atoms with E-state index in [1.165, 1.54) is 6.07 Å². The minimum Gasteiger partial charge on any atom is -0.486 e. The highest BCUT2D eigenvalue weighted by molar-refractivity contribution is 5.97. The van der Waals surface area contributed by atoms with Crippen LogP contribution in [0.1, 0.15) is 18.9 Å². The van der Waals surface area contributed by atoms with Crippen LogP contribution in [0.5, 0.6) is 5.75 Å². The molecule has 0 aliphatic carbocycles. The largest absolute Gasteiger partial charge is 0.486 e. The molecule has 1 atom stereocenters. The van der Waals surface area contributed by atoms with Crippen molar-refractivity contribution >= 4 is 17.3 Å². The van der Waals surface area contributed by atoms with Gasteiger partial charge in [0, 0.05) is 11.6 Å². The summed E-state index contributed by atoms with van der Waals surface area (Å²) in [7, 11) is 0. The van der Waals surface area contributed by atoms with Gasteiger partial charge in [0.2, 0.25) is 5.91 Å². The lowest BCUT2D eigenvalue weighted by Gasteiger charge is -2.34. The molecule has 6 nitrogen and oxygen atoms in total. The van der Waals surface area contributed by atoms with E-state index in [0.717, 1.165) is 6.42 Å². The number of carbonyl (C=O) groups is 1. The first kappa shape index (κ1) is 16.0. The fourth-order valence-corrected chi connectivity index (χ4v) is 2.84. The number of nitro groups is 1. The zero-order valence-electron chi connectivity index (χ0n) is 13.3. The van der Waals surface area contributed by atoms with Crippen LogP contribution in [0.2, 0.25) is 0 Å². The Hall–Kier alpha value is -2.89. The number of fused-ring (bicyclic) bond motifs is 1. The van der Waals surface area contributed by atoms with E-state index in [1.807, 2.05) is 31.2 Å². The number of hydrogen-bond acceptors (Lipinski definition) is 4. The quantitative estimate of drug-likeness (QED) is 0.638. The number of carbonyl (C=O) groups excluding carboxylic acids is 1. The predicted octanol–water partition coefficient (Wildman–Crippen LogP) is 3.34. The SMILES string of the molecule is CCC1CN(C(=O)Cc2ccccc2[N+](=O)[O-])c2ccccc2O1. The summed E-state index contributed by atoms with van der Waals surface area (Å²) in [5.74, 6) is 0.505. The summed E-state index contributed by atoms with van der Waals surface area (Å²) >= 11 is 0. The minimum absolute atomic E-state index is 0.0120. The Morgan fingerprint density at radius 3 is 2.71 bits per heavy atom. The van der Waals surface area contributed by atoms with E-state index in [0.29, 0.717) is 23.5 Å². The number of rotatable bonds is 4. The van der Waals surface area contributed by atoms with Gasteiger partial charge in [-0.15, -0.1) is 0 Å². The Balaban J connectivity index is 1.89. The maximum atomic E-state index is 12.8. The van der Waals surface area contributed by atoms with E-state index in [1.54, 1.807) is 23.1 Å². The number of anilines is 1. The van der Waals surface area contributed by atoms with Crippen LogP contribution in [-0.4, -0.2) is 23.5 Å². The number of benzene rings is 2. The molecule has 1 unspecified atom stereocenters. The van der Waals surface area contributed by atoms with E-state index in [9.17, 15) is 14.9 Å². The molecule has 124 valence electrons. The molecule has 2 aromatic rings. The Morgan fingerprint density at radius 1 is 1.25 bits per heavy atom. The van der Waals surface area contributed by atoms with Crippen LogP contribution in [0.3, 0.4) is 0 Å². The van der Waals surface area contributed by atoms with E-state index >= 15 is 0 Å². The van der Waals surface area contributed by atoms with Gasteiger partial charge in [0.15, 0.2) is 0 Å². The van der Waals surface area contributed by atoms with E-state index in [-0.39, 0.29) is 24.1 Å². The molecule has 6 heteroatoms. The minimum atomic E-state index is -0.454. The molecule has 0 aromatic heterocycles. The van der Waals surface area contributed by atoms with Crippen molar-refractivity contribution in [2.24, 2.45) is 0 Å². The molecular weight excluding hydrogens is 308 g/mol. The first-order chi connectivity index (χ1) is 11.6. The van der Waals surface area contributed by atoms with Crippen LogP contribution in [-0.2, 0) is 11.2 Å². The number of amides is 1. The van der Waals surface area contributed by atoms with E-state index in [2.05, 4.69) is 0 Å². The molecule has 0 fully saturated rings. The highest BCUT2D eigenvalue weighted by Crippen LogP contribution is 2.34. The lowest BCUT2D eigenvalue weighted by molar-refractivity contribution is -0.385. The van der Waals surface area contributed by atoms with Crippen molar-refractivity contribution < 1.29 is 14.5 Å². The van der Waals surface area contributed by atoms with Crippen LogP contribution in [0.4, 0.5) is 11.4 Å². The third-order valence-electron chi connectivity index (χ3n) is 4.12. The van der Waals surface area contributed by atoms with Crippen molar-refractivity contribution in [3.8, 4) is 5.75 Å². The molecule has 1 aliphatic heterocycles. The molecular formula is C18H18N2O4. The van der Waals surface area contributed by atoms with Gasteiger partial charge in [-0.25, -0.2) is 0 Å². The molecule has 0 saturated carbocycles. The molecule has 0 spiro atoms. The van der Waals surface area contributed by atoms with Crippen molar-refractivity contribution in [1.82, 2.24) is 0 Å². The van der Waals surface area contributed by atoms with Gasteiger partial charge in [-0.05, 0) is 18.6 Å². The zero-order chi connectivity index (χ0) is 17.1. The summed E-state index contributed by atoms with van der Waals surface area (Å²) in [5, 5.41) is 11.1. The molecule has 0 bridgehead atoms. The average molecular weight is 326 g/mol. The molecule has 1 amide bonds. The Bertz CT molecular complexity index is 775. The van der Waals surface area contributed by atoms with Gasteiger partial charge in [0.05, 0.1) is 23.6 Å². The second kappa shape index (κ2) is 6.70. The molecule has 1 aliphatic rings. The highest BCUT2D eigenvalue weighted by atomic mass is 16.6. The van der Waals surface area contributed by atoms with Gasteiger partial charge in [0.1, 0.15) is 11.9 Å². The van der Waals surface area contributed by atoms with Crippen LogP contribution in [0.15, 0.2) is 48.5 Å². The molecule has 1 heterocycles. The maximum absolute atomic E-state index is 12.8. The maximum Gasteiger partial charge on any atom is 0.273 e. The molecule has 0 saturated heterocycles. The van der Waals surface area contributed by atoms with Crippen LogP contribution in [0, 0.1) is 10.1 Å². The lowest BCUT2D eigenvalue weighted by atomic mass is 10.1. The molecule has 2 aromatic carbocycles. The summed E-state index contributed by atoms with van der Waals surface area (Å²) in [5.41, 5.74) is 1.11. The van der Waals surface area contributed by atoms with Gasteiger partial charge in [-0.3, -0.25) is 14.9 Å². The van der Waals surface area contributed by atoms with Crippen molar-refractivity contribution in [3.63, 3.8) is 0 Å². The van der Waals surface area contributed by atoms with E-state index in [4.69, 9.17) is 4.74 Å². The second-order valence-corrected chi connectivity index (χ2v) is 5.68. The first-order valence-electron chi connectivity index (χ1n) is 7.88. The second-order valence-electron chi connectivity index (χ2n) is 5.68. The first-order valence-corrected chi connectivity index (χ1v) is 7.88. The number of para-hydroxylation sites is 3. The van der Waals surface area contributed by atoms with Gasteiger partial charge >= 0.3 is 0 Å². The zero-order valence-corrected chi connectivity index (χ0v) is 13.3. The summed E-state index contributed by atoms with van der Waals surface area (Å²) in [4.78, 5) is 25.2. The third-order valence-corrected chi connectivity index (χ3v) is 4.12. The fraction of sp³-hybridized carbons (Fsp3) is 0.278. The number of nitro benzene ring substituents is 1. The molecule has 0 radical (unpaired) electrons. The van der Waals surface area contributed by atoms with Gasteiger partial charge in [-0.2, -0.15) is 0 Å². The van der Waals surface area contributed by atoms with Crippen molar-refractivity contribution in [3.05, 3.63) is 64.2 Å². The van der Waals surface area contributed by atoms with Crippen molar-refractivity contribution in [1.29, 1.82) is 0 Å². The van der Waals surface area contributed by atoms with Crippen LogP contribution in [0.25, 0.3) is 0 Å². The predicted molar refractivity (Wildman–Crippen MR) is 90.3 cm³/mol. The summed E-state index contributed by atoms with van der Waals surface area (Å²) < 4.78 is 5.87. The Kier molecular flexibility index (Phi) is 4.46. The number of ether oxygens (including phenoxy) is 1. The van der Waals surface area contributed by atoms with E-state index < -0.39 is 4.92 Å². The monoisotopic (exact) mass is 326 g/mol.